The number of benzene rings is 1. The summed E-state index contributed by atoms with van der Waals surface area (Å²) in [5.74, 6) is 0.224. The minimum absolute atomic E-state index is 0.0658. The molecule has 1 aliphatic carbocycles. The van der Waals surface area contributed by atoms with E-state index in [0.717, 1.165) is 30.1 Å². The summed E-state index contributed by atoms with van der Waals surface area (Å²) in [6, 6.07) is 8.99. The highest BCUT2D eigenvalue weighted by Gasteiger charge is 2.29. The van der Waals surface area contributed by atoms with Gasteiger partial charge in [0, 0.05) is 36.4 Å². The number of thiazole rings is 1. The zero-order valence-electron chi connectivity index (χ0n) is 20.0. The molecule has 0 saturated carbocycles. The summed E-state index contributed by atoms with van der Waals surface area (Å²) in [5.41, 5.74) is 8.94. The van der Waals surface area contributed by atoms with Gasteiger partial charge in [0.25, 0.3) is 0 Å². The topological polar surface area (TPSA) is 74.5 Å². The lowest BCUT2D eigenvalue weighted by molar-refractivity contribution is 0.104. The van der Waals surface area contributed by atoms with E-state index in [1.54, 1.807) is 0 Å². The van der Waals surface area contributed by atoms with Crippen molar-refractivity contribution >= 4 is 28.1 Å². The third-order valence-electron chi connectivity index (χ3n) is 7.41. The molecular formula is C27H35N5OS. The number of carbonyl (C=O) groups is 1. The van der Waals surface area contributed by atoms with Gasteiger partial charge in [0.1, 0.15) is 10.7 Å². The zero-order valence-corrected chi connectivity index (χ0v) is 20.8. The van der Waals surface area contributed by atoms with Crippen molar-refractivity contribution in [2.24, 2.45) is 0 Å². The predicted octanol–water partition coefficient (Wildman–Crippen LogP) is 4.70. The first-order chi connectivity index (χ1) is 16.6. The number of nitrogens with two attached hydrogens (primary N) is 1. The van der Waals surface area contributed by atoms with Gasteiger partial charge in [0.05, 0.1) is 0 Å². The number of carbonyl (C=O) groups excluding carboxylic acids is 1. The first kappa shape index (κ1) is 23.3. The third kappa shape index (κ3) is 5.11. The quantitative estimate of drug-likeness (QED) is 0.563. The largest absolute Gasteiger partial charge is 0.382 e. The van der Waals surface area contributed by atoms with Crippen LogP contribution in [0.1, 0.15) is 59.8 Å². The second-order valence-electron chi connectivity index (χ2n) is 9.57. The molecule has 0 spiro atoms. The summed E-state index contributed by atoms with van der Waals surface area (Å²) >= 11 is 1.32. The molecule has 6 nitrogen and oxygen atoms in total. The number of aromatic nitrogens is 1. The van der Waals surface area contributed by atoms with E-state index in [1.165, 1.54) is 63.2 Å². The van der Waals surface area contributed by atoms with Crippen LogP contribution in [-0.2, 0) is 6.42 Å². The number of nitrogens with zero attached hydrogens (tertiary/aromatic N) is 3. The number of hydrogen-bond acceptors (Lipinski definition) is 7. The maximum atomic E-state index is 13.0. The Morgan fingerprint density at radius 2 is 1.97 bits per heavy atom. The van der Waals surface area contributed by atoms with E-state index < -0.39 is 0 Å². The molecule has 1 aromatic heterocycles. The molecule has 3 aliphatic rings. The first-order valence-electron chi connectivity index (χ1n) is 12.6. The van der Waals surface area contributed by atoms with Gasteiger partial charge >= 0.3 is 0 Å². The summed E-state index contributed by atoms with van der Waals surface area (Å²) in [7, 11) is 0. The summed E-state index contributed by atoms with van der Waals surface area (Å²) < 4.78 is 0. The molecule has 1 aromatic carbocycles. The van der Waals surface area contributed by atoms with E-state index in [4.69, 9.17) is 5.73 Å². The molecule has 5 rings (SSSR count). The highest BCUT2D eigenvalue weighted by Crippen LogP contribution is 2.30. The summed E-state index contributed by atoms with van der Waals surface area (Å²) in [4.78, 5) is 23.2. The van der Waals surface area contributed by atoms with Crippen LogP contribution >= 0.6 is 11.3 Å². The molecule has 2 aromatic rings. The van der Waals surface area contributed by atoms with Crippen molar-refractivity contribution in [2.45, 2.75) is 57.5 Å². The Labute approximate surface area is 206 Å². The molecule has 2 fully saturated rings. The van der Waals surface area contributed by atoms with Crippen molar-refractivity contribution in [2.75, 3.05) is 37.2 Å². The van der Waals surface area contributed by atoms with Gasteiger partial charge in [-0.2, -0.15) is 0 Å². The van der Waals surface area contributed by atoms with Crippen LogP contribution in [0.2, 0.25) is 0 Å². The lowest BCUT2D eigenvalue weighted by atomic mass is 9.98. The van der Waals surface area contributed by atoms with E-state index in [-0.39, 0.29) is 5.78 Å². The molecule has 34 heavy (non-hydrogen) atoms. The van der Waals surface area contributed by atoms with Crippen molar-refractivity contribution in [3.8, 4) is 0 Å². The van der Waals surface area contributed by atoms with Gasteiger partial charge in [-0.15, -0.1) is 0 Å². The molecule has 3 N–H and O–H groups in total. The van der Waals surface area contributed by atoms with Crippen LogP contribution in [0.15, 0.2) is 48.2 Å². The molecule has 1 atom stereocenters. The molecule has 2 saturated heterocycles. The van der Waals surface area contributed by atoms with Crippen LogP contribution in [0, 0.1) is 0 Å². The first-order valence-corrected chi connectivity index (χ1v) is 13.5. The van der Waals surface area contributed by atoms with Crippen molar-refractivity contribution in [3.05, 3.63) is 64.2 Å². The Morgan fingerprint density at radius 1 is 1.18 bits per heavy atom. The van der Waals surface area contributed by atoms with E-state index in [9.17, 15) is 4.79 Å². The average Bonchev–Trinajstić information content (AvgIpc) is 3.54. The second kappa shape index (κ2) is 10.4. The molecule has 3 heterocycles. The van der Waals surface area contributed by atoms with Crippen LogP contribution in [0.4, 0.5) is 10.9 Å². The fourth-order valence-corrected chi connectivity index (χ4v) is 6.26. The van der Waals surface area contributed by atoms with Gasteiger partial charge in [0.15, 0.2) is 5.13 Å². The van der Waals surface area contributed by atoms with Gasteiger partial charge in [-0.1, -0.05) is 48.6 Å². The molecule has 1 unspecified atom stereocenters. The normalized spacial score (nSPS) is 22.1. The number of aryl methyl sites for hydroxylation is 1. The zero-order chi connectivity index (χ0) is 23.5. The minimum atomic E-state index is -0.0658. The Kier molecular flexibility index (Phi) is 7.13. The average molecular weight is 478 g/mol. The van der Waals surface area contributed by atoms with Gasteiger partial charge < -0.3 is 16.0 Å². The number of rotatable bonds is 7. The molecule has 0 bridgehead atoms. The van der Waals surface area contributed by atoms with Gasteiger partial charge in [-0.25, -0.2) is 4.98 Å². The van der Waals surface area contributed by atoms with Crippen LogP contribution in [0.25, 0.3) is 0 Å². The van der Waals surface area contributed by atoms with Crippen LogP contribution in [-0.4, -0.2) is 58.8 Å². The number of ketones is 1. The van der Waals surface area contributed by atoms with E-state index in [0.29, 0.717) is 27.4 Å². The molecular weight excluding hydrogens is 442 g/mol. The molecule has 180 valence electrons. The summed E-state index contributed by atoms with van der Waals surface area (Å²) in [6.07, 6.45) is 13.9. The van der Waals surface area contributed by atoms with Crippen molar-refractivity contribution in [1.29, 1.82) is 0 Å². The molecule has 0 radical (unpaired) electrons. The Balaban J connectivity index is 1.16. The Hall–Kier alpha value is -2.48. The molecule has 7 heteroatoms. The summed E-state index contributed by atoms with van der Waals surface area (Å²) in [6.45, 7) is 7.04. The maximum absolute atomic E-state index is 13.0. The number of nitrogen functional groups attached to an aromatic ring is 1. The minimum Gasteiger partial charge on any atom is -0.382 e. The van der Waals surface area contributed by atoms with Gasteiger partial charge in [0.2, 0.25) is 5.78 Å². The third-order valence-corrected chi connectivity index (χ3v) is 8.40. The van der Waals surface area contributed by atoms with Crippen LogP contribution < -0.4 is 11.1 Å². The van der Waals surface area contributed by atoms with Crippen molar-refractivity contribution < 1.29 is 4.79 Å². The fraction of sp³-hybridized carbons (Fsp3) is 0.481. The number of allylic oxidation sites excluding steroid dienone is 1. The smallest absolute Gasteiger partial charge is 0.206 e. The van der Waals surface area contributed by atoms with Gasteiger partial charge in [-0.05, 0) is 69.3 Å². The highest BCUT2D eigenvalue weighted by molar-refractivity contribution is 7.18. The van der Waals surface area contributed by atoms with Gasteiger partial charge in [-0.3, -0.25) is 9.69 Å². The van der Waals surface area contributed by atoms with Crippen molar-refractivity contribution in [1.82, 2.24) is 14.8 Å². The van der Waals surface area contributed by atoms with Crippen LogP contribution in [0.5, 0.6) is 0 Å². The number of piperidine rings is 1. The predicted molar refractivity (Wildman–Crippen MR) is 140 cm³/mol. The lowest BCUT2D eigenvalue weighted by Crippen LogP contribution is -2.47. The number of hydrogen-bond donors (Lipinski definition) is 2. The van der Waals surface area contributed by atoms with Crippen LogP contribution in [0.3, 0.4) is 0 Å². The molecule has 0 amide bonds. The fourth-order valence-electron chi connectivity index (χ4n) is 5.40. The van der Waals surface area contributed by atoms with Crippen molar-refractivity contribution in [3.63, 3.8) is 0 Å². The second-order valence-corrected chi connectivity index (χ2v) is 10.6. The number of nitrogens with one attached hydrogen (secondary N) is 1. The maximum Gasteiger partial charge on any atom is 0.206 e. The highest BCUT2D eigenvalue weighted by atomic mass is 32.1. The standard InChI is InChI=1S/C27H35N5OS/c1-2-19-6-5-7-20(18-19)24(33)25-26(28)30-27(34-25)29-21-8-10-22(11-9-21)32-16-12-23(13-17-32)31-14-3-4-15-31/h5-10,18,22-23H,2-4,11-17,28H2,1H3,(H,29,30). The van der Waals surface area contributed by atoms with E-state index >= 15 is 0 Å². The Morgan fingerprint density at radius 3 is 2.68 bits per heavy atom. The Bertz CT molecular complexity index is 1080. The molecule has 2 aliphatic heterocycles. The van der Waals surface area contributed by atoms with E-state index in [1.807, 2.05) is 24.3 Å². The number of anilines is 2. The monoisotopic (exact) mass is 477 g/mol. The lowest BCUT2D eigenvalue weighted by Gasteiger charge is -2.40. The summed E-state index contributed by atoms with van der Waals surface area (Å²) in [5, 5.41) is 4.02. The number of likely N-dealkylation sites (tertiary alicyclic amines) is 2. The van der Waals surface area contributed by atoms with E-state index in [2.05, 4.69) is 45.3 Å². The SMILES string of the molecule is CCc1cccc(C(=O)c2sc(NC3=CCC(N4CCC(N5CCCC5)CC4)C=C3)nc2N)c1.